The van der Waals surface area contributed by atoms with Gasteiger partial charge >= 0.3 is 6.00 Å². The van der Waals surface area contributed by atoms with Gasteiger partial charge < -0.3 is 0 Å². The Morgan fingerprint density at radius 2 is 1.90 bits per heavy atom. The molecule has 0 amide bonds. The Morgan fingerprint density at radius 1 is 1.30 bits per heavy atom. The highest BCUT2D eigenvalue weighted by atomic mass is 35.8. The lowest BCUT2D eigenvalue weighted by Crippen LogP contribution is -2.02. The van der Waals surface area contributed by atoms with Crippen molar-refractivity contribution in [2.75, 3.05) is 0 Å². The van der Waals surface area contributed by atoms with E-state index in [-0.39, 0.29) is 0 Å². The molecular formula is C6H11Cl3Si. The number of hydrogen-bond donors (Lipinski definition) is 0. The monoisotopic (exact) mass is 216 g/mol. The Hall–Kier alpha value is 0.827. The molecule has 0 unspecified atom stereocenters. The number of unbranched alkanes of at least 4 members (excludes halogenated alkanes) is 2. The van der Waals surface area contributed by atoms with Crippen molar-refractivity contribution in [1.29, 1.82) is 0 Å². The van der Waals surface area contributed by atoms with Gasteiger partial charge in [0.1, 0.15) is 0 Å². The zero-order chi connectivity index (χ0) is 8.04. The summed E-state index contributed by atoms with van der Waals surface area (Å²) in [6.07, 6.45) is 5.34. The molecule has 0 aliphatic rings. The first-order chi connectivity index (χ1) is 4.56. The molecule has 0 aromatic rings. The van der Waals surface area contributed by atoms with E-state index in [0.717, 1.165) is 6.42 Å². The molecule has 60 valence electrons. The summed E-state index contributed by atoms with van der Waals surface area (Å²) in [5, 5.41) is 0. The molecule has 0 aromatic carbocycles. The van der Waals surface area contributed by atoms with E-state index in [0.29, 0.717) is 0 Å². The molecule has 0 aliphatic carbocycles. The number of halogens is 3. The fourth-order valence-electron chi connectivity index (χ4n) is 0.539. The fourth-order valence-corrected chi connectivity index (χ4v) is 1.77. The van der Waals surface area contributed by atoms with Crippen molar-refractivity contribution in [2.24, 2.45) is 0 Å². The molecule has 0 spiro atoms. The summed E-state index contributed by atoms with van der Waals surface area (Å²) >= 11 is 16.8. The van der Waals surface area contributed by atoms with Gasteiger partial charge in [-0.2, -0.15) is 0 Å². The van der Waals surface area contributed by atoms with Crippen LogP contribution in [0, 0.1) is 0 Å². The summed E-state index contributed by atoms with van der Waals surface area (Å²) in [4.78, 5) is 0. The third-order valence-corrected chi connectivity index (χ3v) is 2.78. The highest BCUT2D eigenvalue weighted by Crippen LogP contribution is 2.21. The average molecular weight is 218 g/mol. The standard InChI is InChI=1S/C6H11Cl3Si/c1-2-3-4-5-6-10(7,8)9/h5-6H,2-4H2,1H3/b6-5+. The Morgan fingerprint density at radius 3 is 2.30 bits per heavy atom. The van der Waals surface area contributed by atoms with Crippen LogP contribution in [0.15, 0.2) is 11.8 Å². The van der Waals surface area contributed by atoms with Crippen molar-refractivity contribution >= 4 is 39.2 Å². The molecule has 0 saturated carbocycles. The van der Waals surface area contributed by atoms with Crippen LogP contribution in [-0.4, -0.2) is 6.00 Å². The number of rotatable bonds is 4. The zero-order valence-corrected chi connectivity index (χ0v) is 9.18. The van der Waals surface area contributed by atoms with E-state index in [1.807, 2.05) is 6.08 Å². The topological polar surface area (TPSA) is 0 Å². The molecule has 0 saturated heterocycles. The first-order valence-corrected chi connectivity index (χ1v) is 8.42. The van der Waals surface area contributed by atoms with Gasteiger partial charge in [-0.15, -0.1) is 33.2 Å². The second-order valence-corrected chi connectivity index (χ2v) is 10.6. The lowest BCUT2D eigenvalue weighted by atomic mass is 10.2. The van der Waals surface area contributed by atoms with E-state index in [4.69, 9.17) is 33.2 Å². The smallest absolute Gasteiger partial charge is 0.121 e. The summed E-state index contributed by atoms with van der Waals surface area (Å²) in [6.45, 7) is 2.14. The van der Waals surface area contributed by atoms with Crippen molar-refractivity contribution in [2.45, 2.75) is 26.2 Å². The average Bonchev–Trinajstić information content (AvgIpc) is 1.78. The van der Waals surface area contributed by atoms with Crippen LogP contribution in [0.25, 0.3) is 0 Å². The third kappa shape index (κ3) is 8.83. The molecule has 0 atom stereocenters. The maximum Gasteiger partial charge on any atom is 0.365 e. The Kier molecular flexibility index (Phi) is 5.93. The number of hydrogen-bond acceptors (Lipinski definition) is 0. The molecule has 0 bridgehead atoms. The van der Waals surface area contributed by atoms with E-state index in [2.05, 4.69) is 6.92 Å². The van der Waals surface area contributed by atoms with Crippen LogP contribution < -0.4 is 0 Å². The quantitative estimate of drug-likeness (QED) is 0.380. The highest BCUT2D eigenvalue weighted by molar-refractivity contribution is 7.66. The van der Waals surface area contributed by atoms with E-state index in [1.54, 1.807) is 5.70 Å². The molecule has 0 heterocycles. The number of allylic oxidation sites excluding steroid dienone is 1. The second-order valence-electron chi connectivity index (χ2n) is 2.09. The van der Waals surface area contributed by atoms with Crippen molar-refractivity contribution in [1.82, 2.24) is 0 Å². The second kappa shape index (κ2) is 5.47. The molecule has 0 radical (unpaired) electrons. The molecule has 4 heteroatoms. The van der Waals surface area contributed by atoms with Gasteiger partial charge in [0.15, 0.2) is 0 Å². The van der Waals surface area contributed by atoms with Gasteiger partial charge in [0, 0.05) is 0 Å². The minimum atomic E-state index is -2.47. The van der Waals surface area contributed by atoms with E-state index < -0.39 is 6.00 Å². The molecular weight excluding hydrogens is 207 g/mol. The molecule has 0 aliphatic heterocycles. The summed E-state index contributed by atoms with van der Waals surface area (Å²) in [6, 6.07) is -2.47. The summed E-state index contributed by atoms with van der Waals surface area (Å²) in [5.74, 6) is 0. The largest absolute Gasteiger partial charge is 0.365 e. The third-order valence-electron chi connectivity index (χ3n) is 1.03. The summed E-state index contributed by atoms with van der Waals surface area (Å²) in [7, 11) is 0. The SMILES string of the molecule is CCCC/C=C/[Si](Cl)(Cl)Cl. The zero-order valence-electron chi connectivity index (χ0n) is 5.91. The van der Waals surface area contributed by atoms with Gasteiger partial charge in [0.05, 0.1) is 0 Å². The van der Waals surface area contributed by atoms with E-state index >= 15 is 0 Å². The molecule has 0 aromatic heterocycles. The first-order valence-electron chi connectivity index (χ1n) is 3.30. The van der Waals surface area contributed by atoms with Crippen LogP contribution in [-0.2, 0) is 0 Å². The van der Waals surface area contributed by atoms with Crippen LogP contribution in [0.1, 0.15) is 26.2 Å². The predicted molar refractivity (Wildman–Crippen MR) is 52.0 cm³/mol. The van der Waals surface area contributed by atoms with Crippen molar-refractivity contribution in [3.05, 3.63) is 11.8 Å². The van der Waals surface area contributed by atoms with Crippen molar-refractivity contribution < 1.29 is 0 Å². The van der Waals surface area contributed by atoms with E-state index in [9.17, 15) is 0 Å². The fraction of sp³-hybridized carbons (Fsp3) is 0.667. The Labute approximate surface area is 77.3 Å². The first kappa shape index (κ1) is 10.8. The summed E-state index contributed by atoms with van der Waals surface area (Å²) < 4.78 is 0. The van der Waals surface area contributed by atoms with Gasteiger partial charge in [-0.25, -0.2) is 0 Å². The van der Waals surface area contributed by atoms with Crippen LogP contribution in [0.3, 0.4) is 0 Å². The van der Waals surface area contributed by atoms with Gasteiger partial charge in [0.25, 0.3) is 0 Å². The van der Waals surface area contributed by atoms with Crippen LogP contribution in [0.5, 0.6) is 0 Å². The molecule has 0 rings (SSSR count). The van der Waals surface area contributed by atoms with Crippen LogP contribution in [0.4, 0.5) is 0 Å². The maximum atomic E-state index is 5.60. The van der Waals surface area contributed by atoms with Crippen LogP contribution in [0.2, 0.25) is 0 Å². The van der Waals surface area contributed by atoms with Crippen molar-refractivity contribution in [3.63, 3.8) is 0 Å². The Bertz CT molecular complexity index is 106. The highest BCUT2D eigenvalue weighted by Gasteiger charge is 2.19. The normalized spacial score (nSPS) is 12.8. The van der Waals surface area contributed by atoms with Crippen LogP contribution >= 0.6 is 33.2 Å². The molecule has 0 fully saturated rings. The van der Waals surface area contributed by atoms with Crippen molar-refractivity contribution in [3.8, 4) is 0 Å². The Balaban J connectivity index is 3.37. The maximum absolute atomic E-state index is 5.60. The van der Waals surface area contributed by atoms with Gasteiger partial charge in [0.2, 0.25) is 0 Å². The molecule has 10 heavy (non-hydrogen) atoms. The van der Waals surface area contributed by atoms with Gasteiger partial charge in [-0.1, -0.05) is 31.5 Å². The summed E-state index contributed by atoms with van der Waals surface area (Å²) in [5.41, 5.74) is 1.73. The minimum absolute atomic E-state index is 1.03. The molecule has 0 N–H and O–H groups in total. The van der Waals surface area contributed by atoms with E-state index in [1.165, 1.54) is 12.8 Å². The van der Waals surface area contributed by atoms with Gasteiger partial charge in [-0.05, 0) is 6.42 Å². The lowest BCUT2D eigenvalue weighted by molar-refractivity contribution is 0.815. The molecule has 0 nitrogen and oxygen atoms in total. The minimum Gasteiger partial charge on any atom is -0.121 e. The van der Waals surface area contributed by atoms with Gasteiger partial charge in [-0.3, -0.25) is 0 Å². The lowest BCUT2D eigenvalue weighted by Gasteiger charge is -1.97. The predicted octanol–water partition coefficient (Wildman–Crippen LogP) is 3.93.